The van der Waals surface area contributed by atoms with Crippen molar-refractivity contribution in [2.45, 2.75) is 12.8 Å². The molecule has 1 aliphatic carbocycles. The van der Waals surface area contributed by atoms with E-state index in [4.69, 9.17) is 10.5 Å². The zero-order valence-corrected chi connectivity index (χ0v) is 4.46. The van der Waals surface area contributed by atoms with Crippen molar-refractivity contribution in [1.29, 1.82) is 10.5 Å². The molecule has 0 heterocycles. The fourth-order valence-electron chi connectivity index (χ4n) is 0.809. The molecule has 2 nitrogen and oxygen atoms in total. The van der Waals surface area contributed by atoms with Crippen molar-refractivity contribution in [1.82, 2.24) is 0 Å². The van der Waals surface area contributed by atoms with E-state index >= 15 is 0 Å². The Morgan fingerprint density at radius 1 is 1.00 bits per heavy atom. The molecule has 1 fully saturated rings. The van der Waals surface area contributed by atoms with Gasteiger partial charge < -0.3 is 0 Å². The quantitative estimate of drug-likeness (QED) is 0.463. The number of hydrogen-bond donors (Lipinski definition) is 0. The SMILES string of the molecule is N#CC1CCC1C#N. The summed E-state index contributed by atoms with van der Waals surface area (Å²) in [5, 5.41) is 16.6. The summed E-state index contributed by atoms with van der Waals surface area (Å²) in [6.45, 7) is 0. The van der Waals surface area contributed by atoms with Crippen LogP contribution in [0.5, 0.6) is 0 Å². The standard InChI is InChI=1S/C6H6N2/c7-3-5-1-2-6(5)4-8/h5-6H,1-2H2. The van der Waals surface area contributed by atoms with Gasteiger partial charge in [-0.25, -0.2) is 0 Å². The van der Waals surface area contributed by atoms with Gasteiger partial charge >= 0.3 is 0 Å². The predicted molar refractivity (Wildman–Crippen MR) is 27.4 cm³/mol. The van der Waals surface area contributed by atoms with E-state index in [-0.39, 0.29) is 11.8 Å². The normalized spacial score (nSPS) is 34.2. The van der Waals surface area contributed by atoms with Crippen molar-refractivity contribution in [3.05, 3.63) is 0 Å². The number of hydrogen-bond acceptors (Lipinski definition) is 2. The lowest BCUT2D eigenvalue weighted by Crippen LogP contribution is -2.22. The Kier molecular flexibility index (Phi) is 1.18. The molecule has 0 spiro atoms. The molecule has 1 rings (SSSR count). The molecule has 0 aliphatic heterocycles. The number of nitriles is 2. The van der Waals surface area contributed by atoms with Gasteiger partial charge in [-0.1, -0.05) is 0 Å². The highest BCUT2D eigenvalue weighted by Gasteiger charge is 2.30. The first-order valence-electron chi connectivity index (χ1n) is 2.67. The van der Waals surface area contributed by atoms with Gasteiger partial charge in [0.15, 0.2) is 0 Å². The number of nitrogens with zero attached hydrogens (tertiary/aromatic N) is 2. The minimum atomic E-state index is 0.0417. The van der Waals surface area contributed by atoms with Gasteiger partial charge in [0.1, 0.15) is 0 Å². The molecular weight excluding hydrogens is 100 g/mol. The van der Waals surface area contributed by atoms with Crippen LogP contribution in [0.2, 0.25) is 0 Å². The van der Waals surface area contributed by atoms with Gasteiger partial charge in [0, 0.05) is 0 Å². The highest BCUT2D eigenvalue weighted by Crippen LogP contribution is 2.32. The van der Waals surface area contributed by atoms with Gasteiger partial charge in [-0.15, -0.1) is 0 Å². The second-order valence-corrected chi connectivity index (χ2v) is 2.05. The summed E-state index contributed by atoms with van der Waals surface area (Å²) >= 11 is 0. The van der Waals surface area contributed by atoms with Gasteiger partial charge in [0.25, 0.3) is 0 Å². The fraction of sp³-hybridized carbons (Fsp3) is 0.667. The maximum Gasteiger partial charge on any atom is 0.0669 e. The molecule has 0 aromatic heterocycles. The molecule has 1 saturated carbocycles. The topological polar surface area (TPSA) is 47.6 Å². The van der Waals surface area contributed by atoms with Crippen molar-refractivity contribution < 1.29 is 0 Å². The van der Waals surface area contributed by atoms with Crippen LogP contribution >= 0.6 is 0 Å². The van der Waals surface area contributed by atoms with Crippen molar-refractivity contribution >= 4 is 0 Å². The van der Waals surface area contributed by atoms with Crippen molar-refractivity contribution in [2.75, 3.05) is 0 Å². The first-order valence-corrected chi connectivity index (χ1v) is 2.67. The first-order chi connectivity index (χ1) is 3.88. The van der Waals surface area contributed by atoms with E-state index in [1.54, 1.807) is 0 Å². The summed E-state index contributed by atoms with van der Waals surface area (Å²) in [5.41, 5.74) is 0. The summed E-state index contributed by atoms with van der Waals surface area (Å²) in [6.07, 6.45) is 1.85. The Bertz CT molecular complexity index is 140. The Morgan fingerprint density at radius 3 is 1.50 bits per heavy atom. The summed E-state index contributed by atoms with van der Waals surface area (Å²) in [5.74, 6) is 0.0833. The van der Waals surface area contributed by atoms with Crippen LogP contribution in [0.15, 0.2) is 0 Å². The van der Waals surface area contributed by atoms with E-state index in [0.717, 1.165) is 12.8 Å². The average molecular weight is 106 g/mol. The maximum absolute atomic E-state index is 8.29. The van der Waals surface area contributed by atoms with E-state index in [0.29, 0.717) is 0 Å². The van der Waals surface area contributed by atoms with E-state index in [1.807, 2.05) is 0 Å². The smallest absolute Gasteiger partial charge is 0.0669 e. The highest BCUT2D eigenvalue weighted by atomic mass is 14.4. The molecule has 0 amide bonds. The lowest BCUT2D eigenvalue weighted by Gasteiger charge is -2.24. The van der Waals surface area contributed by atoms with Crippen molar-refractivity contribution in [3.63, 3.8) is 0 Å². The van der Waals surface area contributed by atoms with E-state index < -0.39 is 0 Å². The molecule has 2 atom stereocenters. The summed E-state index contributed by atoms with van der Waals surface area (Å²) in [6, 6.07) is 4.16. The van der Waals surface area contributed by atoms with Crippen LogP contribution in [-0.2, 0) is 0 Å². The number of rotatable bonds is 0. The minimum absolute atomic E-state index is 0.0417. The first kappa shape index (κ1) is 5.12. The lowest BCUT2D eigenvalue weighted by atomic mass is 9.76. The second-order valence-electron chi connectivity index (χ2n) is 2.05. The Hall–Kier alpha value is -1.02. The van der Waals surface area contributed by atoms with Crippen LogP contribution in [0.3, 0.4) is 0 Å². The van der Waals surface area contributed by atoms with E-state index in [9.17, 15) is 0 Å². The Labute approximate surface area is 48.3 Å². The third-order valence-corrected chi connectivity index (χ3v) is 1.61. The molecule has 40 valence electrons. The Morgan fingerprint density at radius 2 is 1.38 bits per heavy atom. The lowest BCUT2D eigenvalue weighted by molar-refractivity contribution is 0.303. The monoisotopic (exact) mass is 106 g/mol. The Balaban J connectivity index is 2.44. The van der Waals surface area contributed by atoms with Gasteiger partial charge in [0.05, 0.1) is 24.0 Å². The van der Waals surface area contributed by atoms with Crippen molar-refractivity contribution in [2.24, 2.45) is 11.8 Å². The highest BCUT2D eigenvalue weighted by molar-refractivity contribution is 5.04. The van der Waals surface area contributed by atoms with Crippen LogP contribution in [-0.4, -0.2) is 0 Å². The van der Waals surface area contributed by atoms with Crippen LogP contribution < -0.4 is 0 Å². The molecule has 0 aromatic carbocycles. The van der Waals surface area contributed by atoms with Crippen molar-refractivity contribution in [3.8, 4) is 12.1 Å². The minimum Gasteiger partial charge on any atom is -0.198 e. The molecule has 0 N–H and O–H groups in total. The second kappa shape index (κ2) is 1.84. The van der Waals surface area contributed by atoms with Gasteiger partial charge in [-0.2, -0.15) is 10.5 Å². The van der Waals surface area contributed by atoms with E-state index in [2.05, 4.69) is 12.1 Å². The van der Waals surface area contributed by atoms with Crippen LogP contribution in [0.25, 0.3) is 0 Å². The van der Waals surface area contributed by atoms with Crippen LogP contribution in [0.4, 0.5) is 0 Å². The third kappa shape index (κ3) is 0.550. The third-order valence-electron chi connectivity index (χ3n) is 1.61. The summed E-state index contributed by atoms with van der Waals surface area (Å²) < 4.78 is 0. The largest absolute Gasteiger partial charge is 0.198 e. The molecule has 0 radical (unpaired) electrons. The molecule has 8 heavy (non-hydrogen) atoms. The van der Waals surface area contributed by atoms with Gasteiger partial charge in [0.2, 0.25) is 0 Å². The molecular formula is C6H6N2. The van der Waals surface area contributed by atoms with Crippen LogP contribution in [0.1, 0.15) is 12.8 Å². The molecule has 0 saturated heterocycles. The van der Waals surface area contributed by atoms with Gasteiger partial charge in [-0.3, -0.25) is 0 Å². The summed E-state index contributed by atoms with van der Waals surface area (Å²) in [4.78, 5) is 0. The predicted octanol–water partition coefficient (Wildman–Crippen LogP) is 1.06. The summed E-state index contributed by atoms with van der Waals surface area (Å²) in [7, 11) is 0. The molecule has 0 aromatic rings. The zero-order valence-electron chi connectivity index (χ0n) is 4.46. The van der Waals surface area contributed by atoms with E-state index in [1.165, 1.54) is 0 Å². The molecule has 1 aliphatic rings. The maximum atomic E-state index is 8.29. The molecule has 2 heteroatoms. The van der Waals surface area contributed by atoms with Gasteiger partial charge in [-0.05, 0) is 12.8 Å². The zero-order chi connectivity index (χ0) is 5.98. The molecule has 0 bridgehead atoms. The molecule has 2 unspecified atom stereocenters. The average Bonchev–Trinajstić information content (AvgIpc) is 1.66. The van der Waals surface area contributed by atoms with Crippen LogP contribution in [0, 0.1) is 34.5 Å². The fourth-order valence-corrected chi connectivity index (χ4v) is 0.809.